The number of carbonyl (C=O) groups is 3. The van der Waals surface area contributed by atoms with Gasteiger partial charge in [0.25, 0.3) is 5.91 Å². The number of aromatic nitrogens is 2. The molecule has 0 aliphatic carbocycles. The summed E-state index contributed by atoms with van der Waals surface area (Å²) in [6.07, 6.45) is 3.30. The molecule has 8 nitrogen and oxygen atoms in total. The maximum Gasteiger partial charge on any atom is 0.326 e. The Morgan fingerprint density at radius 1 is 1.06 bits per heavy atom. The number of hydrogen-bond donors (Lipinski definition) is 0. The van der Waals surface area contributed by atoms with Crippen molar-refractivity contribution in [1.82, 2.24) is 19.6 Å². The topological polar surface area (TPSA) is 78.8 Å². The SMILES string of the molecule is Cc1c(C2CCCN(C(=O)N3CCCC3)C2=O)nn(C(=O)C(C)(C)C)c1N(C)Cc1ccccc1. The Bertz CT molecular complexity index is 1100. The predicted octanol–water partition coefficient (Wildman–Crippen LogP) is 4.44. The van der Waals surface area contributed by atoms with Crippen LogP contribution in [0.2, 0.25) is 0 Å². The molecule has 0 radical (unpaired) electrons. The lowest BCUT2D eigenvalue weighted by molar-refractivity contribution is -0.132. The second-order valence-corrected chi connectivity index (χ2v) is 10.8. The van der Waals surface area contributed by atoms with Gasteiger partial charge < -0.3 is 9.80 Å². The maximum atomic E-state index is 13.6. The zero-order valence-corrected chi connectivity index (χ0v) is 21.6. The van der Waals surface area contributed by atoms with Crippen molar-refractivity contribution in [1.29, 1.82) is 0 Å². The van der Waals surface area contributed by atoms with Crippen LogP contribution in [-0.4, -0.2) is 64.1 Å². The van der Waals surface area contributed by atoms with Gasteiger partial charge in [0.1, 0.15) is 5.82 Å². The van der Waals surface area contributed by atoms with Gasteiger partial charge in [0, 0.05) is 44.2 Å². The predicted molar refractivity (Wildman–Crippen MR) is 135 cm³/mol. The van der Waals surface area contributed by atoms with Crippen LogP contribution in [0.3, 0.4) is 0 Å². The van der Waals surface area contributed by atoms with Crippen LogP contribution < -0.4 is 4.90 Å². The summed E-state index contributed by atoms with van der Waals surface area (Å²) in [4.78, 5) is 45.2. The van der Waals surface area contributed by atoms with E-state index in [-0.39, 0.29) is 17.8 Å². The van der Waals surface area contributed by atoms with E-state index in [9.17, 15) is 14.4 Å². The van der Waals surface area contributed by atoms with Gasteiger partial charge in [-0.05, 0) is 38.2 Å². The lowest BCUT2D eigenvalue weighted by atomic mass is 9.91. The molecule has 2 saturated heterocycles. The number of imide groups is 1. The van der Waals surface area contributed by atoms with Crippen molar-refractivity contribution in [3.63, 3.8) is 0 Å². The zero-order chi connectivity index (χ0) is 25.3. The Hall–Kier alpha value is -3.16. The number of anilines is 1. The molecule has 3 amide bonds. The van der Waals surface area contributed by atoms with E-state index in [1.54, 1.807) is 4.90 Å². The molecule has 4 rings (SSSR count). The summed E-state index contributed by atoms with van der Waals surface area (Å²) < 4.78 is 1.47. The standard InChI is InChI=1S/C27H37N5O3/c1-19-22(21-14-11-17-31(24(21)33)26(35)30-15-9-10-16-30)28-32(25(34)27(2,3)4)23(19)29(5)18-20-12-7-6-8-13-20/h6-8,12-13,21H,9-11,14-18H2,1-5H3. The number of carbonyl (C=O) groups excluding carboxylic acids is 3. The van der Waals surface area contributed by atoms with Crippen molar-refractivity contribution in [2.45, 2.75) is 65.8 Å². The third-order valence-corrected chi connectivity index (χ3v) is 6.96. The molecule has 0 saturated carbocycles. The molecular formula is C27H37N5O3. The Kier molecular flexibility index (Phi) is 7.01. The van der Waals surface area contributed by atoms with Crippen LogP contribution in [0.1, 0.15) is 74.0 Å². The van der Waals surface area contributed by atoms with Crippen molar-refractivity contribution in [3.05, 3.63) is 47.2 Å². The number of piperidine rings is 1. The molecule has 2 aromatic rings. The number of urea groups is 1. The maximum absolute atomic E-state index is 13.6. The Balaban J connectivity index is 1.70. The van der Waals surface area contributed by atoms with E-state index in [0.29, 0.717) is 44.1 Å². The minimum atomic E-state index is -0.646. The van der Waals surface area contributed by atoms with Crippen LogP contribution in [0, 0.1) is 12.3 Å². The van der Waals surface area contributed by atoms with Gasteiger partial charge in [-0.1, -0.05) is 51.1 Å². The first-order chi connectivity index (χ1) is 16.6. The molecule has 1 aromatic carbocycles. The number of likely N-dealkylation sites (tertiary alicyclic amines) is 2. The van der Waals surface area contributed by atoms with E-state index in [2.05, 4.69) is 0 Å². The summed E-state index contributed by atoms with van der Waals surface area (Å²) in [6, 6.07) is 9.86. The summed E-state index contributed by atoms with van der Waals surface area (Å²) in [5, 5.41) is 4.76. The van der Waals surface area contributed by atoms with Gasteiger partial charge in [0.05, 0.1) is 11.6 Å². The molecule has 0 N–H and O–H groups in total. The summed E-state index contributed by atoms with van der Waals surface area (Å²) >= 11 is 0. The molecular weight excluding hydrogens is 442 g/mol. The number of benzene rings is 1. The van der Waals surface area contributed by atoms with E-state index in [4.69, 9.17) is 5.10 Å². The second-order valence-electron chi connectivity index (χ2n) is 10.8. The number of nitrogens with zero attached hydrogens (tertiary/aromatic N) is 5. The molecule has 0 bridgehead atoms. The minimum absolute atomic E-state index is 0.130. The first-order valence-electron chi connectivity index (χ1n) is 12.6. The van der Waals surface area contributed by atoms with E-state index in [0.717, 1.165) is 30.4 Å². The van der Waals surface area contributed by atoms with Crippen LogP contribution in [0.15, 0.2) is 30.3 Å². The fourth-order valence-corrected chi connectivity index (χ4v) is 5.07. The third-order valence-electron chi connectivity index (χ3n) is 6.96. The van der Waals surface area contributed by atoms with Crippen molar-refractivity contribution in [2.75, 3.05) is 31.6 Å². The first kappa shape index (κ1) is 24.9. The van der Waals surface area contributed by atoms with Crippen molar-refractivity contribution >= 4 is 23.7 Å². The smallest absolute Gasteiger partial charge is 0.326 e. The number of rotatable bonds is 4. The van der Waals surface area contributed by atoms with Gasteiger partial charge in [-0.15, -0.1) is 0 Å². The second kappa shape index (κ2) is 9.84. The van der Waals surface area contributed by atoms with Gasteiger partial charge in [-0.3, -0.25) is 14.5 Å². The fraction of sp³-hybridized carbons (Fsp3) is 0.556. The molecule has 35 heavy (non-hydrogen) atoms. The largest absolute Gasteiger partial charge is 0.355 e. The molecule has 188 valence electrons. The van der Waals surface area contributed by atoms with Crippen molar-refractivity contribution in [3.8, 4) is 0 Å². The van der Waals surface area contributed by atoms with Gasteiger partial charge in [-0.2, -0.15) is 9.78 Å². The monoisotopic (exact) mass is 479 g/mol. The highest BCUT2D eigenvalue weighted by atomic mass is 16.2. The average Bonchev–Trinajstić information content (AvgIpc) is 3.47. The Morgan fingerprint density at radius 2 is 1.71 bits per heavy atom. The van der Waals surface area contributed by atoms with Crippen LogP contribution in [0.25, 0.3) is 0 Å². The van der Waals surface area contributed by atoms with Crippen LogP contribution >= 0.6 is 0 Å². The van der Waals surface area contributed by atoms with Gasteiger partial charge >= 0.3 is 6.03 Å². The molecule has 8 heteroatoms. The zero-order valence-electron chi connectivity index (χ0n) is 21.6. The van der Waals surface area contributed by atoms with E-state index in [1.807, 2.05) is 70.0 Å². The van der Waals surface area contributed by atoms with Gasteiger partial charge in [0.15, 0.2) is 0 Å². The highest BCUT2D eigenvalue weighted by Crippen LogP contribution is 2.36. The molecule has 3 heterocycles. The van der Waals surface area contributed by atoms with E-state index >= 15 is 0 Å². The van der Waals surface area contributed by atoms with Crippen LogP contribution in [-0.2, 0) is 11.3 Å². The number of amides is 3. The normalized spacial score (nSPS) is 18.8. The molecule has 1 unspecified atom stereocenters. The lowest BCUT2D eigenvalue weighted by Gasteiger charge is -2.33. The Morgan fingerprint density at radius 3 is 2.34 bits per heavy atom. The van der Waals surface area contributed by atoms with E-state index in [1.165, 1.54) is 9.58 Å². The molecule has 2 aliphatic heterocycles. The van der Waals surface area contributed by atoms with Gasteiger partial charge in [-0.25, -0.2) is 4.79 Å². The average molecular weight is 480 g/mol. The quantitative estimate of drug-likeness (QED) is 0.648. The molecule has 0 spiro atoms. The summed E-state index contributed by atoms with van der Waals surface area (Å²) in [7, 11) is 1.94. The lowest BCUT2D eigenvalue weighted by Crippen LogP contribution is -2.49. The van der Waals surface area contributed by atoms with Crippen LogP contribution in [0.5, 0.6) is 0 Å². The number of hydrogen-bond acceptors (Lipinski definition) is 5. The summed E-state index contributed by atoms with van der Waals surface area (Å²) in [6.45, 7) is 9.99. The molecule has 1 aromatic heterocycles. The summed E-state index contributed by atoms with van der Waals surface area (Å²) in [5.74, 6) is -0.177. The van der Waals surface area contributed by atoms with Crippen molar-refractivity contribution in [2.24, 2.45) is 5.41 Å². The third kappa shape index (κ3) is 4.97. The Labute approximate surface area is 207 Å². The fourth-order valence-electron chi connectivity index (χ4n) is 5.07. The molecule has 2 fully saturated rings. The highest BCUT2D eigenvalue weighted by molar-refractivity contribution is 5.98. The van der Waals surface area contributed by atoms with E-state index < -0.39 is 11.3 Å². The highest BCUT2D eigenvalue weighted by Gasteiger charge is 2.40. The summed E-state index contributed by atoms with van der Waals surface area (Å²) in [5.41, 5.74) is 1.88. The molecule has 1 atom stereocenters. The van der Waals surface area contributed by atoms with Gasteiger partial charge in [0.2, 0.25) is 5.91 Å². The van der Waals surface area contributed by atoms with Crippen LogP contribution in [0.4, 0.5) is 10.6 Å². The minimum Gasteiger partial charge on any atom is -0.355 e. The van der Waals surface area contributed by atoms with Crippen molar-refractivity contribution < 1.29 is 14.4 Å². The first-order valence-corrected chi connectivity index (χ1v) is 12.6. The molecule has 2 aliphatic rings.